The third-order valence-corrected chi connectivity index (χ3v) is 7.00. The number of ether oxygens (including phenoxy) is 1. The Morgan fingerprint density at radius 1 is 0.939 bits per heavy atom. The van der Waals surface area contributed by atoms with Crippen molar-refractivity contribution in [2.75, 3.05) is 24.0 Å². The van der Waals surface area contributed by atoms with Gasteiger partial charge < -0.3 is 10.1 Å². The number of anilines is 1. The molecule has 0 heterocycles. The number of nitrogens with zero attached hydrogens (tertiary/aromatic N) is 1. The minimum absolute atomic E-state index is 0.140. The fourth-order valence-corrected chi connectivity index (χ4v) is 4.72. The Balaban J connectivity index is 1.68. The lowest BCUT2D eigenvalue weighted by atomic mass is 10.2. The Labute approximate surface area is 196 Å². The fraction of sp³-hybridized carbons (Fsp3) is 0.269. The van der Waals surface area contributed by atoms with Crippen molar-refractivity contribution < 1.29 is 17.9 Å². The van der Waals surface area contributed by atoms with Crippen LogP contribution < -0.4 is 14.4 Å². The zero-order chi connectivity index (χ0) is 23.8. The molecule has 1 amide bonds. The summed E-state index contributed by atoms with van der Waals surface area (Å²) in [6, 6.07) is 21.5. The summed E-state index contributed by atoms with van der Waals surface area (Å²) < 4.78 is 33.6. The Kier molecular flexibility index (Phi) is 8.11. The molecule has 0 aliphatic heterocycles. The lowest BCUT2D eigenvalue weighted by Gasteiger charge is -2.24. The summed E-state index contributed by atoms with van der Waals surface area (Å²) in [5, 5.41) is 2.75. The van der Waals surface area contributed by atoms with Crippen molar-refractivity contribution in [3.05, 3.63) is 89.5 Å². The first-order valence-electron chi connectivity index (χ1n) is 10.9. The van der Waals surface area contributed by atoms with Gasteiger partial charge in [-0.15, -0.1) is 0 Å². The van der Waals surface area contributed by atoms with Gasteiger partial charge in [0.25, 0.3) is 10.0 Å². The molecule has 6 nitrogen and oxygen atoms in total. The Morgan fingerprint density at radius 3 is 2.27 bits per heavy atom. The van der Waals surface area contributed by atoms with E-state index in [0.717, 1.165) is 27.6 Å². The molecule has 0 fully saturated rings. The summed E-state index contributed by atoms with van der Waals surface area (Å²) in [6.45, 7) is 6.08. The van der Waals surface area contributed by atoms with Crippen LogP contribution >= 0.6 is 0 Å². The van der Waals surface area contributed by atoms with E-state index in [2.05, 4.69) is 12.2 Å². The predicted octanol–water partition coefficient (Wildman–Crippen LogP) is 4.26. The van der Waals surface area contributed by atoms with E-state index in [0.29, 0.717) is 5.69 Å². The minimum atomic E-state index is -3.92. The number of amides is 1. The second kappa shape index (κ2) is 11.0. The lowest BCUT2D eigenvalue weighted by molar-refractivity contribution is -0.119. The number of rotatable bonds is 10. The Hall–Kier alpha value is -3.32. The molecule has 0 radical (unpaired) electrons. The van der Waals surface area contributed by atoms with Crippen LogP contribution in [0.1, 0.15) is 23.6 Å². The summed E-state index contributed by atoms with van der Waals surface area (Å²) in [4.78, 5) is 12.8. The van der Waals surface area contributed by atoms with Crippen LogP contribution in [0.4, 0.5) is 5.69 Å². The normalized spacial score (nSPS) is 11.1. The van der Waals surface area contributed by atoms with Crippen molar-refractivity contribution >= 4 is 21.6 Å². The number of sulfonamides is 1. The van der Waals surface area contributed by atoms with Crippen molar-refractivity contribution in [1.29, 1.82) is 0 Å². The van der Waals surface area contributed by atoms with Gasteiger partial charge in [-0.05, 0) is 67.8 Å². The average molecular weight is 467 g/mol. The van der Waals surface area contributed by atoms with Crippen molar-refractivity contribution in [3.63, 3.8) is 0 Å². The largest absolute Gasteiger partial charge is 0.492 e. The minimum Gasteiger partial charge on any atom is -0.492 e. The van der Waals surface area contributed by atoms with E-state index < -0.39 is 15.9 Å². The molecular formula is C26H30N2O4S. The highest BCUT2D eigenvalue weighted by Gasteiger charge is 2.27. The fourth-order valence-electron chi connectivity index (χ4n) is 3.30. The molecule has 0 aliphatic rings. The standard InChI is InChI=1S/C26H30N2O4S/c1-4-22-10-12-24(13-11-22)32-17-16-27-26(29)19-28(23-7-5-6-21(3)18-23)33(30,31)25-14-8-20(2)9-15-25/h5-15,18H,4,16-17,19H2,1-3H3,(H,27,29). The first-order chi connectivity index (χ1) is 15.8. The van der Waals surface area contributed by atoms with E-state index in [1.54, 1.807) is 42.5 Å². The van der Waals surface area contributed by atoms with Gasteiger partial charge in [-0.1, -0.05) is 48.9 Å². The molecule has 1 N–H and O–H groups in total. The van der Waals surface area contributed by atoms with E-state index in [1.165, 1.54) is 5.56 Å². The average Bonchev–Trinajstić information content (AvgIpc) is 2.81. The van der Waals surface area contributed by atoms with Crippen LogP contribution in [0.15, 0.2) is 77.7 Å². The summed E-state index contributed by atoms with van der Waals surface area (Å²) in [6.07, 6.45) is 0.958. The van der Waals surface area contributed by atoms with Crippen LogP contribution in [0, 0.1) is 13.8 Å². The van der Waals surface area contributed by atoms with E-state index in [4.69, 9.17) is 4.74 Å². The molecular weight excluding hydrogens is 436 g/mol. The quantitative estimate of drug-likeness (QED) is 0.453. The summed E-state index contributed by atoms with van der Waals surface area (Å²) in [5.74, 6) is 0.321. The van der Waals surface area contributed by atoms with Crippen LogP contribution in [0.3, 0.4) is 0 Å². The SMILES string of the molecule is CCc1ccc(OCCNC(=O)CN(c2cccc(C)c2)S(=O)(=O)c2ccc(C)cc2)cc1. The van der Waals surface area contributed by atoms with Crippen molar-refractivity contribution in [3.8, 4) is 5.75 Å². The molecule has 0 aliphatic carbocycles. The maximum absolute atomic E-state index is 13.4. The third kappa shape index (κ3) is 6.58. The molecule has 174 valence electrons. The van der Waals surface area contributed by atoms with E-state index in [1.807, 2.05) is 44.2 Å². The molecule has 0 spiro atoms. The third-order valence-electron chi connectivity index (χ3n) is 5.21. The highest BCUT2D eigenvalue weighted by atomic mass is 32.2. The molecule has 0 saturated heterocycles. The second-order valence-electron chi connectivity index (χ2n) is 7.86. The van der Waals surface area contributed by atoms with Crippen LogP contribution in [-0.2, 0) is 21.2 Å². The zero-order valence-electron chi connectivity index (χ0n) is 19.2. The molecule has 0 saturated carbocycles. The molecule has 3 rings (SSSR count). The number of benzene rings is 3. The number of carbonyl (C=O) groups is 1. The number of hydrogen-bond acceptors (Lipinski definition) is 4. The summed E-state index contributed by atoms with van der Waals surface area (Å²) in [5.41, 5.74) is 3.53. The first-order valence-corrected chi connectivity index (χ1v) is 12.4. The van der Waals surface area contributed by atoms with Gasteiger partial charge >= 0.3 is 0 Å². The zero-order valence-corrected chi connectivity index (χ0v) is 20.1. The van der Waals surface area contributed by atoms with Gasteiger partial charge in [-0.2, -0.15) is 0 Å². The van der Waals surface area contributed by atoms with Crippen LogP contribution in [0.2, 0.25) is 0 Å². The molecule has 7 heteroatoms. The van der Waals surface area contributed by atoms with E-state index in [9.17, 15) is 13.2 Å². The van der Waals surface area contributed by atoms with Gasteiger partial charge in [-0.25, -0.2) is 8.42 Å². The van der Waals surface area contributed by atoms with Gasteiger partial charge in [0, 0.05) is 0 Å². The first kappa shape index (κ1) is 24.3. The maximum Gasteiger partial charge on any atom is 0.264 e. The molecule has 0 bridgehead atoms. The Morgan fingerprint density at radius 2 is 1.64 bits per heavy atom. The predicted molar refractivity (Wildman–Crippen MR) is 131 cm³/mol. The van der Waals surface area contributed by atoms with Gasteiger partial charge in [0.15, 0.2) is 0 Å². The number of nitrogens with one attached hydrogen (secondary N) is 1. The summed E-state index contributed by atoms with van der Waals surface area (Å²) in [7, 11) is -3.92. The number of hydrogen-bond donors (Lipinski definition) is 1. The second-order valence-corrected chi connectivity index (χ2v) is 9.72. The van der Waals surface area contributed by atoms with Crippen LogP contribution in [0.5, 0.6) is 5.75 Å². The highest BCUT2D eigenvalue weighted by molar-refractivity contribution is 7.92. The van der Waals surface area contributed by atoms with Crippen molar-refractivity contribution in [2.45, 2.75) is 32.1 Å². The molecule has 0 aromatic heterocycles. The number of aryl methyl sites for hydroxylation is 3. The van der Waals surface area contributed by atoms with Crippen molar-refractivity contribution in [2.24, 2.45) is 0 Å². The van der Waals surface area contributed by atoms with E-state index in [-0.39, 0.29) is 24.6 Å². The smallest absolute Gasteiger partial charge is 0.264 e. The van der Waals surface area contributed by atoms with Gasteiger partial charge in [0.1, 0.15) is 18.9 Å². The number of carbonyl (C=O) groups excluding carboxylic acids is 1. The molecule has 3 aromatic carbocycles. The van der Waals surface area contributed by atoms with Gasteiger partial charge in [0.05, 0.1) is 17.1 Å². The molecule has 3 aromatic rings. The summed E-state index contributed by atoms with van der Waals surface area (Å²) >= 11 is 0. The molecule has 0 unspecified atom stereocenters. The monoisotopic (exact) mass is 466 g/mol. The highest BCUT2D eigenvalue weighted by Crippen LogP contribution is 2.24. The topological polar surface area (TPSA) is 75.7 Å². The molecule has 0 atom stereocenters. The van der Waals surface area contributed by atoms with Gasteiger partial charge in [0.2, 0.25) is 5.91 Å². The van der Waals surface area contributed by atoms with E-state index >= 15 is 0 Å². The Bertz CT molecular complexity index is 1170. The van der Waals surface area contributed by atoms with Crippen LogP contribution in [-0.4, -0.2) is 34.0 Å². The van der Waals surface area contributed by atoms with Crippen molar-refractivity contribution in [1.82, 2.24) is 5.32 Å². The van der Waals surface area contributed by atoms with Gasteiger partial charge in [-0.3, -0.25) is 9.10 Å². The molecule has 33 heavy (non-hydrogen) atoms. The maximum atomic E-state index is 13.4. The van der Waals surface area contributed by atoms with Crippen LogP contribution in [0.25, 0.3) is 0 Å². The lowest BCUT2D eigenvalue weighted by Crippen LogP contribution is -2.42.